The molecule has 2 rings (SSSR count). The van der Waals surface area contributed by atoms with E-state index in [1.807, 2.05) is 30.3 Å². The summed E-state index contributed by atoms with van der Waals surface area (Å²) in [5, 5.41) is 5.89. The van der Waals surface area contributed by atoms with Crippen LogP contribution >= 0.6 is 23.1 Å². The molecule has 0 unspecified atom stereocenters. The second-order valence-corrected chi connectivity index (χ2v) is 7.70. The van der Waals surface area contributed by atoms with Crippen molar-refractivity contribution >= 4 is 46.0 Å². The number of hydrogen-bond acceptors (Lipinski definition) is 6. The number of aryl methyl sites for hydroxylation is 1. The molecule has 0 saturated carbocycles. The summed E-state index contributed by atoms with van der Waals surface area (Å²) >= 11 is 2.60. The number of nitrogens with zero attached hydrogens (tertiary/aromatic N) is 1. The Morgan fingerprint density at radius 2 is 1.92 bits per heavy atom. The molecule has 26 heavy (non-hydrogen) atoms. The van der Waals surface area contributed by atoms with Crippen molar-refractivity contribution in [3.05, 3.63) is 41.6 Å². The van der Waals surface area contributed by atoms with E-state index < -0.39 is 5.91 Å². The number of primary amides is 1. The van der Waals surface area contributed by atoms with Crippen molar-refractivity contribution in [1.82, 2.24) is 10.3 Å². The van der Waals surface area contributed by atoms with Crippen molar-refractivity contribution in [2.75, 3.05) is 17.6 Å². The summed E-state index contributed by atoms with van der Waals surface area (Å²) in [5.74, 6) is -0.590. The first kappa shape index (κ1) is 19.9. The zero-order chi connectivity index (χ0) is 18.9. The summed E-state index contributed by atoms with van der Waals surface area (Å²) in [6, 6.07) is 9.41. The van der Waals surface area contributed by atoms with Gasteiger partial charge >= 0.3 is 0 Å². The van der Waals surface area contributed by atoms with Crippen LogP contribution in [0.4, 0.5) is 5.13 Å². The Morgan fingerprint density at radius 3 is 2.62 bits per heavy atom. The summed E-state index contributed by atoms with van der Waals surface area (Å²) in [4.78, 5) is 38.9. The lowest BCUT2D eigenvalue weighted by atomic mass is 10.1. The van der Waals surface area contributed by atoms with Crippen LogP contribution in [0.2, 0.25) is 0 Å². The first-order valence-electron chi connectivity index (χ1n) is 7.93. The van der Waals surface area contributed by atoms with Crippen molar-refractivity contribution < 1.29 is 14.4 Å². The lowest BCUT2D eigenvalue weighted by Crippen LogP contribution is -2.28. The second kappa shape index (κ2) is 9.93. The number of hydrogen-bond donors (Lipinski definition) is 3. The second-order valence-electron chi connectivity index (χ2n) is 5.46. The zero-order valence-electron chi connectivity index (χ0n) is 14.3. The number of carbonyl (C=O) groups is 3. The van der Waals surface area contributed by atoms with Crippen molar-refractivity contribution in [2.24, 2.45) is 5.73 Å². The third-order valence-electron chi connectivity index (χ3n) is 3.23. The molecule has 0 spiro atoms. The maximum Gasteiger partial charge on any atom is 0.227 e. The average Bonchev–Trinajstić information content (AvgIpc) is 2.93. The van der Waals surface area contributed by atoms with Gasteiger partial charge in [0.2, 0.25) is 17.7 Å². The minimum atomic E-state index is -0.403. The Labute approximate surface area is 159 Å². The molecule has 1 aromatic carbocycles. The van der Waals surface area contributed by atoms with Crippen molar-refractivity contribution in [1.29, 1.82) is 0 Å². The van der Waals surface area contributed by atoms with Crippen LogP contribution in [-0.4, -0.2) is 35.0 Å². The van der Waals surface area contributed by atoms with E-state index in [9.17, 15) is 14.4 Å². The minimum absolute atomic E-state index is 0.126. The van der Waals surface area contributed by atoms with Gasteiger partial charge in [-0.1, -0.05) is 41.7 Å². The van der Waals surface area contributed by atoms with E-state index in [1.54, 1.807) is 6.92 Å². The van der Waals surface area contributed by atoms with Gasteiger partial charge < -0.3 is 16.4 Å². The Bertz CT molecular complexity index is 778. The highest BCUT2D eigenvalue weighted by molar-refractivity contribution is 8.01. The van der Waals surface area contributed by atoms with Crippen LogP contribution < -0.4 is 16.4 Å². The lowest BCUT2D eigenvalue weighted by molar-refractivity contribution is -0.120. The van der Waals surface area contributed by atoms with Gasteiger partial charge in [0.25, 0.3) is 0 Å². The molecule has 0 radical (unpaired) electrons. The Kier molecular flexibility index (Phi) is 7.61. The maximum atomic E-state index is 12.0. The number of carbonyl (C=O) groups excluding carboxylic acids is 3. The summed E-state index contributed by atoms with van der Waals surface area (Å²) in [7, 11) is 0. The Morgan fingerprint density at radius 1 is 1.19 bits per heavy atom. The molecule has 9 heteroatoms. The molecule has 0 aliphatic heterocycles. The highest BCUT2D eigenvalue weighted by atomic mass is 32.2. The van der Waals surface area contributed by atoms with Crippen LogP contribution in [-0.2, 0) is 20.8 Å². The molecule has 0 saturated heterocycles. The quantitative estimate of drug-likeness (QED) is 0.562. The minimum Gasteiger partial charge on any atom is -0.369 e. The van der Waals surface area contributed by atoms with E-state index in [2.05, 4.69) is 15.6 Å². The van der Waals surface area contributed by atoms with Gasteiger partial charge in [-0.15, -0.1) is 11.8 Å². The smallest absolute Gasteiger partial charge is 0.227 e. The molecule has 1 heterocycles. The number of nitrogens with one attached hydrogen (secondary N) is 2. The summed E-state index contributed by atoms with van der Waals surface area (Å²) < 4.78 is 0.843. The number of thiazole rings is 1. The highest BCUT2D eigenvalue weighted by Gasteiger charge is 2.12. The zero-order valence-corrected chi connectivity index (χ0v) is 15.9. The van der Waals surface area contributed by atoms with Gasteiger partial charge in [0.1, 0.15) is 0 Å². The molecule has 0 fully saturated rings. The molecule has 1 aromatic heterocycles. The molecular formula is C17H20N4O3S2. The van der Waals surface area contributed by atoms with E-state index in [1.165, 1.54) is 23.1 Å². The van der Waals surface area contributed by atoms with Gasteiger partial charge in [0.15, 0.2) is 5.13 Å². The number of aromatic nitrogens is 1. The fourth-order valence-corrected chi connectivity index (χ4v) is 3.94. The number of thioether (sulfide) groups is 1. The molecule has 0 aliphatic rings. The Hall–Kier alpha value is -2.39. The van der Waals surface area contributed by atoms with Crippen molar-refractivity contribution in [2.45, 2.75) is 24.0 Å². The van der Waals surface area contributed by atoms with E-state index in [4.69, 9.17) is 5.73 Å². The molecule has 0 aliphatic carbocycles. The van der Waals surface area contributed by atoms with Gasteiger partial charge in [-0.3, -0.25) is 14.4 Å². The molecule has 3 amide bonds. The lowest BCUT2D eigenvalue weighted by Gasteiger charge is -2.05. The van der Waals surface area contributed by atoms with Gasteiger partial charge in [-0.2, -0.15) is 0 Å². The summed E-state index contributed by atoms with van der Waals surface area (Å²) in [6.45, 7) is 2.06. The maximum absolute atomic E-state index is 12.0. The van der Waals surface area contributed by atoms with E-state index in [0.29, 0.717) is 5.13 Å². The van der Waals surface area contributed by atoms with Gasteiger partial charge in [0, 0.05) is 13.0 Å². The fraction of sp³-hybridized carbons (Fsp3) is 0.294. The first-order valence-corrected chi connectivity index (χ1v) is 9.73. The highest BCUT2D eigenvalue weighted by Crippen LogP contribution is 2.31. The molecular weight excluding hydrogens is 372 g/mol. The SMILES string of the molecule is Cc1nc(NC(=O)CCNC(=O)Cc2ccccc2)sc1SCC(N)=O. The molecule has 2 aromatic rings. The van der Waals surface area contributed by atoms with Crippen LogP contribution in [0.5, 0.6) is 0 Å². The number of rotatable bonds is 9. The third kappa shape index (κ3) is 6.85. The van der Waals surface area contributed by atoms with Crippen LogP contribution in [0.3, 0.4) is 0 Å². The van der Waals surface area contributed by atoms with Gasteiger partial charge in [-0.25, -0.2) is 4.98 Å². The molecule has 138 valence electrons. The van der Waals surface area contributed by atoms with Crippen molar-refractivity contribution in [3.8, 4) is 0 Å². The number of anilines is 1. The predicted octanol–water partition coefficient (Wildman–Crippen LogP) is 1.72. The van der Waals surface area contributed by atoms with E-state index in [0.717, 1.165) is 15.5 Å². The third-order valence-corrected chi connectivity index (χ3v) is 5.69. The summed E-state index contributed by atoms with van der Waals surface area (Å²) in [6.07, 6.45) is 0.442. The van der Waals surface area contributed by atoms with Gasteiger partial charge in [-0.05, 0) is 12.5 Å². The molecule has 4 N–H and O–H groups in total. The molecule has 0 bridgehead atoms. The molecule has 0 atom stereocenters. The standard InChI is InChI=1S/C17H20N4O3S2/c1-11-16(25-10-13(18)22)26-17(20-11)21-14(23)7-8-19-15(24)9-12-5-3-2-4-6-12/h2-6H,7-10H2,1H3,(H2,18,22)(H,19,24)(H,20,21,23). The predicted molar refractivity (Wildman–Crippen MR) is 103 cm³/mol. The van der Waals surface area contributed by atoms with Crippen LogP contribution in [0.25, 0.3) is 0 Å². The van der Waals surface area contributed by atoms with Crippen LogP contribution in [0.15, 0.2) is 34.5 Å². The number of benzene rings is 1. The fourth-order valence-electron chi connectivity index (χ4n) is 2.05. The average molecular weight is 393 g/mol. The van der Waals surface area contributed by atoms with Crippen molar-refractivity contribution in [3.63, 3.8) is 0 Å². The van der Waals surface area contributed by atoms with E-state index in [-0.39, 0.29) is 37.0 Å². The number of nitrogens with two attached hydrogens (primary N) is 1. The monoisotopic (exact) mass is 392 g/mol. The number of amides is 3. The van der Waals surface area contributed by atoms with Crippen LogP contribution in [0, 0.1) is 6.92 Å². The van der Waals surface area contributed by atoms with E-state index >= 15 is 0 Å². The normalized spacial score (nSPS) is 10.3. The largest absolute Gasteiger partial charge is 0.369 e. The topological polar surface area (TPSA) is 114 Å². The molecule has 7 nitrogen and oxygen atoms in total. The summed E-state index contributed by atoms with van der Waals surface area (Å²) in [5.41, 5.74) is 6.79. The van der Waals surface area contributed by atoms with Gasteiger partial charge in [0.05, 0.1) is 22.1 Å². The first-order chi connectivity index (χ1) is 12.4. The Balaban J connectivity index is 1.72. The van der Waals surface area contributed by atoms with Crippen LogP contribution in [0.1, 0.15) is 17.7 Å².